The van der Waals surface area contributed by atoms with Crippen molar-refractivity contribution < 1.29 is 26.1 Å². The molecule has 0 radical (unpaired) electrons. The van der Waals surface area contributed by atoms with Crippen LogP contribution in [0.2, 0.25) is 0 Å². The summed E-state index contributed by atoms with van der Waals surface area (Å²) in [5.41, 5.74) is 1.05. The fraction of sp³-hybridized carbons (Fsp3) is 0.619. The summed E-state index contributed by atoms with van der Waals surface area (Å²) in [6, 6.07) is 6.89. The highest BCUT2D eigenvalue weighted by Crippen LogP contribution is 2.35. The quantitative estimate of drug-likeness (QED) is 0.345. The van der Waals surface area contributed by atoms with E-state index >= 15 is 0 Å². The number of allylic oxidation sites excluding steroid dienone is 1. The average Bonchev–Trinajstić information content (AvgIpc) is 2.97. The van der Waals surface area contributed by atoms with Gasteiger partial charge in [-0.05, 0) is 48.8 Å². The summed E-state index contributed by atoms with van der Waals surface area (Å²) in [5, 5.41) is 10.4. The molecular formula is C21H33NO6S2. The van der Waals surface area contributed by atoms with E-state index in [0.717, 1.165) is 12.7 Å². The molecule has 30 heavy (non-hydrogen) atoms. The number of anilines is 1. The molecule has 1 N–H and O–H groups in total. The van der Waals surface area contributed by atoms with Gasteiger partial charge in [0.1, 0.15) is 0 Å². The molecule has 2 rings (SSSR count). The van der Waals surface area contributed by atoms with E-state index in [0.29, 0.717) is 31.4 Å². The maximum atomic E-state index is 12.6. The van der Waals surface area contributed by atoms with Gasteiger partial charge in [-0.15, -0.1) is 0 Å². The molecule has 7 nitrogen and oxygen atoms in total. The number of nitrogens with zero attached hydrogens (tertiary/aromatic N) is 1. The van der Waals surface area contributed by atoms with Crippen LogP contribution in [0.5, 0.6) is 0 Å². The zero-order chi connectivity index (χ0) is 22.6. The highest BCUT2D eigenvalue weighted by Gasteiger charge is 2.36. The van der Waals surface area contributed by atoms with Crippen LogP contribution in [-0.2, 0) is 24.3 Å². The molecule has 0 amide bonds. The van der Waals surface area contributed by atoms with Crippen molar-refractivity contribution in [3.63, 3.8) is 0 Å². The van der Waals surface area contributed by atoms with Crippen molar-refractivity contribution in [1.82, 2.24) is 0 Å². The first-order valence-electron chi connectivity index (χ1n) is 10.1. The predicted molar refractivity (Wildman–Crippen MR) is 119 cm³/mol. The molecule has 9 heteroatoms. The number of benzene rings is 1. The SMILES string of the molecule is COS(=O)(=O)CCC/C=C\CC1CCS(=O)(=O)N1c1ccc(C(O)C(C)(C)C)cc1. The minimum Gasteiger partial charge on any atom is -0.388 e. The van der Waals surface area contributed by atoms with E-state index in [-0.39, 0.29) is 23.0 Å². The first kappa shape index (κ1) is 24.8. The van der Waals surface area contributed by atoms with Gasteiger partial charge in [0.2, 0.25) is 10.0 Å². The van der Waals surface area contributed by atoms with Crippen molar-refractivity contribution >= 4 is 25.8 Å². The molecule has 1 aliphatic heterocycles. The molecule has 170 valence electrons. The predicted octanol–water partition coefficient (Wildman–Crippen LogP) is 3.38. The average molecular weight is 460 g/mol. The van der Waals surface area contributed by atoms with Crippen LogP contribution >= 0.6 is 0 Å². The monoisotopic (exact) mass is 459 g/mol. The first-order chi connectivity index (χ1) is 13.9. The molecule has 1 saturated heterocycles. The van der Waals surface area contributed by atoms with Gasteiger partial charge in [-0.1, -0.05) is 45.1 Å². The Labute approximate surface area is 180 Å². The number of aliphatic hydroxyl groups excluding tert-OH is 1. The maximum Gasteiger partial charge on any atom is 0.267 e. The highest BCUT2D eigenvalue weighted by molar-refractivity contribution is 7.93. The summed E-state index contributed by atoms with van der Waals surface area (Å²) >= 11 is 0. The Kier molecular flexibility index (Phi) is 8.12. The number of sulfonamides is 1. The molecule has 1 aromatic carbocycles. The smallest absolute Gasteiger partial charge is 0.267 e. The van der Waals surface area contributed by atoms with Crippen LogP contribution in [-0.4, -0.2) is 46.6 Å². The molecule has 1 heterocycles. The molecular weight excluding hydrogens is 426 g/mol. The Morgan fingerprint density at radius 1 is 1.23 bits per heavy atom. The number of rotatable bonds is 9. The molecule has 2 unspecified atom stereocenters. The fourth-order valence-corrected chi connectivity index (χ4v) is 5.99. The summed E-state index contributed by atoms with van der Waals surface area (Å²) in [5.74, 6) is 0.0640. The number of hydrogen-bond acceptors (Lipinski definition) is 6. The largest absolute Gasteiger partial charge is 0.388 e. The van der Waals surface area contributed by atoms with Gasteiger partial charge in [-0.25, -0.2) is 8.42 Å². The zero-order valence-corrected chi connectivity index (χ0v) is 19.7. The normalized spacial score (nSPS) is 20.7. The molecule has 1 aromatic rings. The zero-order valence-electron chi connectivity index (χ0n) is 18.1. The van der Waals surface area contributed by atoms with E-state index in [1.165, 1.54) is 4.31 Å². The van der Waals surface area contributed by atoms with Gasteiger partial charge in [-0.2, -0.15) is 8.42 Å². The van der Waals surface area contributed by atoms with Crippen LogP contribution in [0.25, 0.3) is 0 Å². The first-order valence-corrected chi connectivity index (χ1v) is 13.3. The topological polar surface area (TPSA) is 101 Å². The second kappa shape index (κ2) is 9.80. The van der Waals surface area contributed by atoms with Crippen LogP contribution in [0.15, 0.2) is 36.4 Å². The van der Waals surface area contributed by atoms with Crippen molar-refractivity contribution in [2.45, 2.75) is 58.6 Å². The third kappa shape index (κ3) is 6.54. The summed E-state index contributed by atoms with van der Waals surface area (Å²) in [7, 11) is -5.67. The fourth-order valence-electron chi connectivity index (χ4n) is 3.45. The number of aliphatic hydroxyl groups is 1. The van der Waals surface area contributed by atoms with Gasteiger partial charge in [0.05, 0.1) is 30.4 Å². The molecule has 1 fully saturated rings. The van der Waals surface area contributed by atoms with Crippen LogP contribution in [0.3, 0.4) is 0 Å². The van der Waals surface area contributed by atoms with E-state index in [4.69, 9.17) is 0 Å². The summed E-state index contributed by atoms with van der Waals surface area (Å²) < 4.78 is 53.7. The van der Waals surface area contributed by atoms with Crippen molar-refractivity contribution in [2.24, 2.45) is 5.41 Å². The van der Waals surface area contributed by atoms with Crippen LogP contribution in [0.4, 0.5) is 5.69 Å². The number of hydrogen-bond donors (Lipinski definition) is 1. The van der Waals surface area contributed by atoms with Gasteiger partial charge < -0.3 is 5.11 Å². The van der Waals surface area contributed by atoms with Crippen LogP contribution < -0.4 is 4.31 Å². The molecule has 2 atom stereocenters. The second-order valence-electron chi connectivity index (χ2n) is 8.69. The van der Waals surface area contributed by atoms with Crippen molar-refractivity contribution in [3.05, 3.63) is 42.0 Å². The molecule has 0 saturated carbocycles. The van der Waals surface area contributed by atoms with E-state index in [2.05, 4.69) is 4.18 Å². The van der Waals surface area contributed by atoms with Crippen LogP contribution in [0.1, 0.15) is 58.1 Å². The Morgan fingerprint density at radius 2 is 1.87 bits per heavy atom. The van der Waals surface area contributed by atoms with Gasteiger partial charge in [-0.3, -0.25) is 8.49 Å². The molecule has 0 aromatic heterocycles. The Morgan fingerprint density at radius 3 is 2.43 bits per heavy atom. The van der Waals surface area contributed by atoms with E-state index < -0.39 is 26.2 Å². The Balaban J connectivity index is 2.04. The molecule has 0 spiro atoms. The van der Waals surface area contributed by atoms with Gasteiger partial charge in [0.15, 0.2) is 0 Å². The third-order valence-electron chi connectivity index (χ3n) is 5.22. The highest BCUT2D eigenvalue weighted by atomic mass is 32.2. The summed E-state index contributed by atoms with van der Waals surface area (Å²) in [6.45, 7) is 5.84. The molecule has 0 aliphatic carbocycles. The van der Waals surface area contributed by atoms with Gasteiger partial charge >= 0.3 is 0 Å². The van der Waals surface area contributed by atoms with Crippen LogP contribution in [0, 0.1) is 5.41 Å². The van der Waals surface area contributed by atoms with Crippen molar-refractivity contribution in [2.75, 3.05) is 22.9 Å². The minimum absolute atomic E-state index is 0.0372. The number of unbranched alkanes of at least 4 members (excludes halogenated alkanes) is 1. The van der Waals surface area contributed by atoms with E-state index in [9.17, 15) is 21.9 Å². The van der Waals surface area contributed by atoms with Crippen molar-refractivity contribution in [1.29, 1.82) is 0 Å². The lowest BCUT2D eigenvalue weighted by Gasteiger charge is -2.28. The lowest BCUT2D eigenvalue weighted by Crippen LogP contribution is -2.32. The van der Waals surface area contributed by atoms with E-state index in [1.807, 2.05) is 32.9 Å². The standard InChI is InChI=1S/C21H33NO6S2/c1-21(2,3)20(23)17-10-12-19(13-11-17)22-18(14-16-29(22,24)25)9-7-5-6-8-15-30(26,27)28-4/h5,7,10-13,18,20,23H,6,8-9,14-16H2,1-4H3/b7-5-. The summed E-state index contributed by atoms with van der Waals surface area (Å²) in [4.78, 5) is 0. The molecule has 0 bridgehead atoms. The second-order valence-corrected chi connectivity index (χ2v) is 12.5. The Bertz CT molecular complexity index is 931. The lowest BCUT2D eigenvalue weighted by molar-refractivity contribution is 0.0627. The lowest BCUT2D eigenvalue weighted by atomic mass is 9.85. The summed E-state index contributed by atoms with van der Waals surface area (Å²) in [6.07, 6.45) is 5.30. The van der Waals surface area contributed by atoms with Crippen molar-refractivity contribution in [3.8, 4) is 0 Å². The van der Waals surface area contributed by atoms with Gasteiger partial charge in [0, 0.05) is 6.04 Å². The van der Waals surface area contributed by atoms with E-state index in [1.54, 1.807) is 24.3 Å². The maximum absolute atomic E-state index is 12.6. The molecule has 1 aliphatic rings. The minimum atomic E-state index is -3.44. The van der Waals surface area contributed by atoms with Gasteiger partial charge in [0.25, 0.3) is 10.1 Å². The Hall–Kier alpha value is -1.42. The third-order valence-corrected chi connectivity index (χ3v) is 8.37.